The average Bonchev–Trinajstić information content (AvgIpc) is 2.31. The van der Waals surface area contributed by atoms with Crippen LogP contribution in [0.3, 0.4) is 0 Å². The zero-order chi connectivity index (χ0) is 14.4. The lowest BCUT2D eigenvalue weighted by Gasteiger charge is -2.24. The van der Waals surface area contributed by atoms with Gasteiger partial charge in [-0.2, -0.15) is 0 Å². The van der Waals surface area contributed by atoms with Crippen LogP contribution in [0.2, 0.25) is 0 Å². The molecule has 0 saturated heterocycles. The minimum absolute atomic E-state index is 0.0185. The predicted octanol–water partition coefficient (Wildman–Crippen LogP) is 3.78. The summed E-state index contributed by atoms with van der Waals surface area (Å²) in [5.74, 6) is 0.994. The van der Waals surface area contributed by atoms with E-state index in [-0.39, 0.29) is 11.9 Å². The number of hydrogen-bond donors (Lipinski definition) is 1. The molecule has 0 amide bonds. The second kappa shape index (κ2) is 7.49. The van der Waals surface area contributed by atoms with Crippen LogP contribution >= 0.6 is 0 Å². The molecule has 0 aliphatic rings. The van der Waals surface area contributed by atoms with E-state index in [0.29, 0.717) is 17.6 Å². The Balaban J connectivity index is 2.64. The normalized spacial score (nSPS) is 13.1. The Labute approximate surface area is 116 Å². The highest BCUT2D eigenvalue weighted by Gasteiger charge is 2.17. The molecule has 1 atom stereocenters. The summed E-state index contributed by atoms with van der Waals surface area (Å²) >= 11 is 0. The Hall–Kier alpha value is -1.09. The zero-order valence-corrected chi connectivity index (χ0v) is 12.7. The van der Waals surface area contributed by atoms with E-state index >= 15 is 0 Å². The largest absolute Gasteiger partial charge is 0.486 e. The van der Waals surface area contributed by atoms with Gasteiger partial charge in [0.05, 0.1) is 0 Å². The second-order valence-corrected chi connectivity index (χ2v) is 5.89. The van der Waals surface area contributed by atoms with E-state index in [9.17, 15) is 4.39 Å². The number of benzene rings is 1. The molecule has 0 radical (unpaired) electrons. The molecular weight excluding hydrogens is 241 g/mol. The summed E-state index contributed by atoms with van der Waals surface area (Å²) in [7, 11) is 0. The zero-order valence-electron chi connectivity index (χ0n) is 12.7. The third-order valence-corrected chi connectivity index (χ3v) is 3.01. The molecule has 2 nitrogen and oxygen atoms in total. The van der Waals surface area contributed by atoms with E-state index < -0.39 is 0 Å². The molecule has 1 N–H and O–H groups in total. The Morgan fingerprint density at radius 3 is 2.42 bits per heavy atom. The van der Waals surface area contributed by atoms with Crippen molar-refractivity contribution in [1.82, 2.24) is 5.32 Å². The molecule has 0 saturated carbocycles. The molecule has 1 unspecified atom stereocenters. The molecule has 1 aromatic rings. The van der Waals surface area contributed by atoms with Gasteiger partial charge in [0.15, 0.2) is 11.6 Å². The van der Waals surface area contributed by atoms with Crippen LogP contribution < -0.4 is 10.1 Å². The van der Waals surface area contributed by atoms with Crippen molar-refractivity contribution in [3.05, 3.63) is 29.6 Å². The molecule has 0 aromatic heterocycles. The lowest BCUT2D eigenvalue weighted by Crippen LogP contribution is -2.37. The molecule has 3 heteroatoms. The van der Waals surface area contributed by atoms with Gasteiger partial charge in [-0.25, -0.2) is 4.39 Å². The van der Waals surface area contributed by atoms with Crippen LogP contribution in [0.5, 0.6) is 5.75 Å². The first-order valence-electron chi connectivity index (χ1n) is 7.03. The second-order valence-electron chi connectivity index (χ2n) is 5.89. The molecular formula is C16H26FNO. The van der Waals surface area contributed by atoms with Crippen molar-refractivity contribution in [2.24, 2.45) is 11.8 Å². The first-order valence-corrected chi connectivity index (χ1v) is 7.03. The molecule has 0 aliphatic heterocycles. The number of hydrogen-bond acceptors (Lipinski definition) is 2. The summed E-state index contributed by atoms with van der Waals surface area (Å²) in [5, 5.41) is 3.37. The van der Waals surface area contributed by atoms with Crippen LogP contribution in [-0.2, 0) is 0 Å². The van der Waals surface area contributed by atoms with Gasteiger partial charge in [-0.15, -0.1) is 0 Å². The Morgan fingerprint density at radius 1 is 1.16 bits per heavy atom. The van der Waals surface area contributed by atoms with Crippen LogP contribution in [0.1, 0.15) is 33.3 Å². The SMILES string of the molecule is Cc1ccc(F)c(OC(CNCC(C)C)C(C)C)c1. The van der Waals surface area contributed by atoms with Crippen LogP contribution in [0, 0.1) is 24.6 Å². The summed E-state index contributed by atoms with van der Waals surface area (Å²) in [6.07, 6.45) is -0.0185. The van der Waals surface area contributed by atoms with Gasteiger partial charge in [-0.1, -0.05) is 33.8 Å². The molecule has 108 valence electrons. The van der Waals surface area contributed by atoms with Crippen molar-refractivity contribution in [1.29, 1.82) is 0 Å². The summed E-state index contributed by atoms with van der Waals surface area (Å²) in [6, 6.07) is 4.97. The highest BCUT2D eigenvalue weighted by Crippen LogP contribution is 2.21. The van der Waals surface area contributed by atoms with Crippen LogP contribution in [0.4, 0.5) is 4.39 Å². The quantitative estimate of drug-likeness (QED) is 0.811. The van der Waals surface area contributed by atoms with Crippen molar-refractivity contribution < 1.29 is 9.13 Å². The maximum atomic E-state index is 13.7. The molecule has 0 fully saturated rings. The first-order chi connectivity index (χ1) is 8.90. The van der Waals surface area contributed by atoms with Crippen molar-refractivity contribution in [3.63, 3.8) is 0 Å². The molecule has 1 rings (SSSR count). The van der Waals surface area contributed by atoms with Crippen LogP contribution in [0.15, 0.2) is 18.2 Å². The van der Waals surface area contributed by atoms with E-state index in [1.165, 1.54) is 6.07 Å². The van der Waals surface area contributed by atoms with Crippen molar-refractivity contribution in [3.8, 4) is 5.75 Å². The lowest BCUT2D eigenvalue weighted by atomic mass is 10.1. The van der Waals surface area contributed by atoms with Gasteiger partial charge in [0.25, 0.3) is 0 Å². The first kappa shape index (κ1) is 16.0. The topological polar surface area (TPSA) is 21.3 Å². The summed E-state index contributed by atoms with van der Waals surface area (Å²) in [5.41, 5.74) is 1.01. The highest BCUT2D eigenvalue weighted by atomic mass is 19.1. The smallest absolute Gasteiger partial charge is 0.165 e. The number of aryl methyl sites for hydroxylation is 1. The average molecular weight is 267 g/mol. The predicted molar refractivity (Wildman–Crippen MR) is 78.1 cm³/mol. The molecule has 0 bridgehead atoms. The fourth-order valence-electron chi connectivity index (χ4n) is 1.79. The summed E-state index contributed by atoms with van der Waals surface area (Å²) in [6.45, 7) is 12.1. The molecule has 1 aromatic carbocycles. The molecule has 19 heavy (non-hydrogen) atoms. The van der Waals surface area contributed by atoms with Gasteiger partial charge >= 0.3 is 0 Å². The van der Waals surface area contributed by atoms with E-state index in [0.717, 1.165) is 18.7 Å². The van der Waals surface area contributed by atoms with Gasteiger partial charge in [-0.3, -0.25) is 0 Å². The van der Waals surface area contributed by atoms with Crippen molar-refractivity contribution in [2.45, 2.75) is 40.7 Å². The Morgan fingerprint density at radius 2 is 1.84 bits per heavy atom. The summed E-state index contributed by atoms with van der Waals surface area (Å²) in [4.78, 5) is 0. The minimum Gasteiger partial charge on any atom is -0.486 e. The van der Waals surface area contributed by atoms with Gasteiger partial charge < -0.3 is 10.1 Å². The standard InChI is InChI=1S/C16H26FNO/c1-11(2)9-18-10-16(12(3)4)19-15-8-13(5)6-7-14(15)17/h6-8,11-12,16,18H,9-10H2,1-5H3. The number of halogens is 1. The monoisotopic (exact) mass is 267 g/mol. The maximum Gasteiger partial charge on any atom is 0.165 e. The van der Waals surface area contributed by atoms with Gasteiger partial charge in [0.2, 0.25) is 0 Å². The third kappa shape index (κ3) is 5.60. The highest BCUT2D eigenvalue weighted by molar-refractivity contribution is 5.29. The van der Waals surface area contributed by atoms with Crippen molar-refractivity contribution in [2.75, 3.05) is 13.1 Å². The fraction of sp³-hybridized carbons (Fsp3) is 0.625. The van der Waals surface area contributed by atoms with Crippen LogP contribution in [0.25, 0.3) is 0 Å². The van der Waals surface area contributed by atoms with Gasteiger partial charge in [0, 0.05) is 6.54 Å². The summed E-state index contributed by atoms with van der Waals surface area (Å²) < 4.78 is 19.5. The molecule has 0 heterocycles. The Kier molecular flexibility index (Phi) is 6.29. The number of nitrogens with one attached hydrogen (secondary N) is 1. The number of rotatable bonds is 7. The van der Waals surface area contributed by atoms with E-state index in [4.69, 9.17) is 4.74 Å². The lowest BCUT2D eigenvalue weighted by molar-refractivity contribution is 0.142. The van der Waals surface area contributed by atoms with E-state index in [2.05, 4.69) is 33.0 Å². The van der Waals surface area contributed by atoms with Gasteiger partial charge in [0.1, 0.15) is 6.10 Å². The number of ether oxygens (including phenoxy) is 1. The third-order valence-electron chi connectivity index (χ3n) is 3.01. The maximum absolute atomic E-state index is 13.7. The van der Waals surface area contributed by atoms with Gasteiger partial charge in [-0.05, 0) is 43.0 Å². The van der Waals surface area contributed by atoms with E-state index in [1.54, 1.807) is 12.1 Å². The molecule has 0 spiro atoms. The molecule has 0 aliphatic carbocycles. The minimum atomic E-state index is -0.292. The van der Waals surface area contributed by atoms with E-state index in [1.807, 2.05) is 6.92 Å². The Bertz CT molecular complexity index is 390. The van der Waals surface area contributed by atoms with Crippen LogP contribution in [-0.4, -0.2) is 19.2 Å². The van der Waals surface area contributed by atoms with Crippen molar-refractivity contribution >= 4 is 0 Å². The fourth-order valence-corrected chi connectivity index (χ4v) is 1.79.